The molecule has 0 atom stereocenters. The second kappa shape index (κ2) is 8.10. The number of carbonyl (C=O) groups excluding carboxylic acids is 1. The molecule has 2 aromatic heterocycles. The van der Waals surface area contributed by atoms with Crippen molar-refractivity contribution in [2.24, 2.45) is 0 Å². The average molecular weight is 392 g/mol. The molecule has 1 amide bonds. The summed E-state index contributed by atoms with van der Waals surface area (Å²) in [6.07, 6.45) is 2.88. The van der Waals surface area contributed by atoms with Crippen molar-refractivity contribution in [2.75, 3.05) is 17.2 Å². The largest absolute Gasteiger partial charge is 0.368 e. The Labute approximate surface area is 167 Å². The number of nitrogens with zero attached hydrogens (tertiary/aromatic N) is 2. The summed E-state index contributed by atoms with van der Waals surface area (Å²) in [5.74, 6) is 0.291. The summed E-state index contributed by atoms with van der Waals surface area (Å²) < 4.78 is 0. The first kappa shape index (κ1) is 18.0. The van der Waals surface area contributed by atoms with Crippen LogP contribution in [0.2, 0.25) is 5.02 Å². The van der Waals surface area contributed by atoms with Crippen molar-refractivity contribution in [1.29, 1.82) is 0 Å². The van der Waals surface area contributed by atoms with Crippen LogP contribution in [-0.2, 0) is 6.42 Å². The summed E-state index contributed by atoms with van der Waals surface area (Å²) in [7, 11) is 0. The minimum absolute atomic E-state index is 0.238. The van der Waals surface area contributed by atoms with Crippen LogP contribution in [0, 0.1) is 0 Å². The van der Waals surface area contributed by atoms with Gasteiger partial charge in [-0.05, 0) is 48.4 Å². The number of carbonyl (C=O) groups is 1. The van der Waals surface area contributed by atoms with Gasteiger partial charge in [-0.2, -0.15) is 0 Å². The minimum Gasteiger partial charge on any atom is -0.368 e. The van der Waals surface area contributed by atoms with Crippen molar-refractivity contribution in [2.45, 2.75) is 6.42 Å². The molecule has 0 aliphatic heterocycles. The maximum Gasteiger partial charge on any atom is 0.276 e. The highest BCUT2D eigenvalue weighted by Crippen LogP contribution is 2.18. The van der Waals surface area contributed by atoms with E-state index in [-0.39, 0.29) is 11.6 Å². The van der Waals surface area contributed by atoms with Crippen molar-refractivity contribution < 1.29 is 4.79 Å². The van der Waals surface area contributed by atoms with Crippen LogP contribution in [0.1, 0.15) is 16.1 Å². The first-order valence-corrected chi connectivity index (χ1v) is 9.26. The van der Waals surface area contributed by atoms with Crippen molar-refractivity contribution in [3.05, 3.63) is 83.1 Å². The van der Waals surface area contributed by atoms with Crippen LogP contribution in [0.5, 0.6) is 0 Å². The summed E-state index contributed by atoms with van der Waals surface area (Å²) in [6.45, 7) is 0.713. The smallest absolute Gasteiger partial charge is 0.276 e. The van der Waals surface area contributed by atoms with E-state index in [1.165, 1.54) is 10.9 Å². The number of rotatable bonds is 6. The molecule has 6 nitrogen and oxygen atoms in total. The Kier molecular flexibility index (Phi) is 5.21. The summed E-state index contributed by atoms with van der Waals surface area (Å²) in [6, 6.07) is 18.5. The lowest BCUT2D eigenvalue weighted by molar-refractivity contribution is 0.102. The maximum absolute atomic E-state index is 12.3. The van der Waals surface area contributed by atoms with Gasteiger partial charge in [-0.1, -0.05) is 35.9 Å². The highest BCUT2D eigenvalue weighted by molar-refractivity contribution is 6.30. The number of aromatic nitrogens is 3. The van der Waals surface area contributed by atoms with E-state index in [0.29, 0.717) is 23.1 Å². The topological polar surface area (TPSA) is 82.7 Å². The van der Waals surface area contributed by atoms with Gasteiger partial charge in [0.25, 0.3) is 5.91 Å². The molecule has 0 radical (unpaired) electrons. The second-order valence-electron chi connectivity index (χ2n) is 6.30. The number of halogens is 1. The monoisotopic (exact) mass is 391 g/mol. The third kappa shape index (κ3) is 4.13. The predicted molar refractivity (Wildman–Crippen MR) is 112 cm³/mol. The molecular formula is C21H18ClN5O. The molecule has 0 spiro atoms. The zero-order chi connectivity index (χ0) is 19.3. The van der Waals surface area contributed by atoms with Gasteiger partial charge in [0.05, 0.1) is 0 Å². The Balaban J connectivity index is 1.33. The van der Waals surface area contributed by atoms with Crippen LogP contribution < -0.4 is 10.6 Å². The SMILES string of the molecule is O=C(Nc1cccc(Cl)c1)c1ccc(NCCc2c[nH]c3ccccc23)nn1. The molecule has 0 aliphatic rings. The Morgan fingerprint density at radius 1 is 1.04 bits per heavy atom. The molecule has 0 saturated carbocycles. The maximum atomic E-state index is 12.3. The molecule has 4 rings (SSSR count). The van der Waals surface area contributed by atoms with Crippen LogP contribution in [-0.4, -0.2) is 27.6 Å². The lowest BCUT2D eigenvalue weighted by Gasteiger charge is -2.07. The molecule has 0 bridgehead atoms. The minimum atomic E-state index is -0.333. The molecule has 2 heterocycles. The Morgan fingerprint density at radius 2 is 1.93 bits per heavy atom. The number of fused-ring (bicyclic) bond motifs is 1. The molecule has 7 heteroatoms. The fourth-order valence-corrected chi connectivity index (χ4v) is 3.16. The molecule has 0 saturated heterocycles. The van der Waals surface area contributed by atoms with Gasteiger partial charge in [-0.15, -0.1) is 10.2 Å². The number of hydrogen-bond acceptors (Lipinski definition) is 4. The molecule has 4 aromatic rings. The number of anilines is 2. The van der Waals surface area contributed by atoms with Gasteiger partial charge < -0.3 is 15.6 Å². The summed E-state index contributed by atoms with van der Waals surface area (Å²) in [5.41, 5.74) is 3.23. The van der Waals surface area contributed by atoms with Crippen LogP contribution in [0.3, 0.4) is 0 Å². The average Bonchev–Trinajstić information content (AvgIpc) is 3.12. The molecule has 28 heavy (non-hydrogen) atoms. The number of benzene rings is 2. The van der Waals surface area contributed by atoms with E-state index >= 15 is 0 Å². The van der Waals surface area contributed by atoms with E-state index < -0.39 is 0 Å². The third-order valence-electron chi connectivity index (χ3n) is 4.36. The molecule has 140 valence electrons. The summed E-state index contributed by atoms with van der Waals surface area (Å²) in [4.78, 5) is 15.5. The van der Waals surface area contributed by atoms with Gasteiger partial charge in [0.15, 0.2) is 5.69 Å². The Bertz CT molecular complexity index is 1110. The lowest BCUT2D eigenvalue weighted by Crippen LogP contribution is -2.15. The predicted octanol–water partition coefficient (Wildman–Crippen LogP) is 4.52. The number of para-hydroxylation sites is 1. The number of H-pyrrole nitrogens is 1. The van der Waals surface area contributed by atoms with E-state index in [9.17, 15) is 4.79 Å². The highest BCUT2D eigenvalue weighted by Gasteiger charge is 2.09. The molecule has 0 aliphatic carbocycles. The number of nitrogens with one attached hydrogen (secondary N) is 3. The summed E-state index contributed by atoms with van der Waals surface area (Å²) in [5, 5.41) is 15.8. The van der Waals surface area contributed by atoms with Crippen LogP contribution in [0.25, 0.3) is 10.9 Å². The van der Waals surface area contributed by atoms with E-state index in [2.05, 4.69) is 37.9 Å². The lowest BCUT2D eigenvalue weighted by atomic mass is 10.1. The fraction of sp³-hybridized carbons (Fsp3) is 0.0952. The first-order chi connectivity index (χ1) is 13.7. The van der Waals surface area contributed by atoms with Gasteiger partial charge in [-0.3, -0.25) is 4.79 Å². The van der Waals surface area contributed by atoms with Crippen molar-refractivity contribution in [1.82, 2.24) is 15.2 Å². The standard InChI is InChI=1S/C21H18ClN5O/c22-15-4-3-5-16(12-15)25-21(28)19-8-9-20(27-26-19)23-11-10-14-13-24-18-7-2-1-6-17(14)18/h1-9,12-13,24H,10-11H2,(H,23,27)(H,25,28). The van der Waals surface area contributed by atoms with Crippen molar-refractivity contribution in [3.63, 3.8) is 0 Å². The highest BCUT2D eigenvalue weighted by atomic mass is 35.5. The Hall–Kier alpha value is -3.38. The fourth-order valence-electron chi connectivity index (χ4n) is 2.97. The normalized spacial score (nSPS) is 10.8. The Morgan fingerprint density at radius 3 is 2.75 bits per heavy atom. The zero-order valence-electron chi connectivity index (χ0n) is 14.9. The van der Waals surface area contributed by atoms with Crippen LogP contribution in [0.15, 0.2) is 66.9 Å². The van der Waals surface area contributed by atoms with Crippen molar-refractivity contribution in [3.8, 4) is 0 Å². The van der Waals surface area contributed by atoms with Crippen LogP contribution in [0.4, 0.5) is 11.5 Å². The van der Waals surface area contributed by atoms with Crippen LogP contribution >= 0.6 is 11.6 Å². The zero-order valence-corrected chi connectivity index (χ0v) is 15.7. The number of aromatic amines is 1. The molecule has 3 N–H and O–H groups in total. The van der Waals surface area contributed by atoms with Gasteiger partial charge in [-0.25, -0.2) is 0 Å². The molecule has 0 unspecified atom stereocenters. The van der Waals surface area contributed by atoms with Gasteiger partial charge in [0, 0.05) is 34.4 Å². The quantitative estimate of drug-likeness (QED) is 0.451. The summed E-state index contributed by atoms with van der Waals surface area (Å²) >= 11 is 5.92. The molecule has 0 fully saturated rings. The molecular weight excluding hydrogens is 374 g/mol. The van der Waals surface area contributed by atoms with E-state index in [1.54, 1.807) is 36.4 Å². The number of amides is 1. The van der Waals surface area contributed by atoms with Crippen molar-refractivity contribution >= 4 is 39.9 Å². The van der Waals surface area contributed by atoms with E-state index in [0.717, 1.165) is 11.9 Å². The third-order valence-corrected chi connectivity index (χ3v) is 4.59. The first-order valence-electron chi connectivity index (χ1n) is 8.88. The molecule has 2 aromatic carbocycles. The number of hydrogen-bond donors (Lipinski definition) is 3. The van der Waals surface area contributed by atoms with Gasteiger partial charge in [0.1, 0.15) is 5.82 Å². The van der Waals surface area contributed by atoms with E-state index in [4.69, 9.17) is 11.6 Å². The van der Waals surface area contributed by atoms with E-state index in [1.807, 2.05) is 18.3 Å². The second-order valence-corrected chi connectivity index (χ2v) is 6.74. The van der Waals surface area contributed by atoms with Gasteiger partial charge >= 0.3 is 0 Å². The van der Waals surface area contributed by atoms with Gasteiger partial charge in [0.2, 0.25) is 0 Å².